The zero-order chi connectivity index (χ0) is 19.8. The molecule has 29 heavy (non-hydrogen) atoms. The van der Waals surface area contributed by atoms with Gasteiger partial charge in [0, 0.05) is 37.1 Å². The summed E-state index contributed by atoms with van der Waals surface area (Å²) in [5.41, 5.74) is 4.11. The van der Waals surface area contributed by atoms with E-state index >= 15 is 0 Å². The fourth-order valence-corrected chi connectivity index (χ4v) is 5.53. The minimum atomic E-state index is 0.113. The van der Waals surface area contributed by atoms with Crippen molar-refractivity contribution in [2.75, 3.05) is 19.6 Å². The van der Waals surface area contributed by atoms with Crippen LogP contribution in [0.5, 0.6) is 0 Å². The molecule has 0 saturated carbocycles. The van der Waals surface area contributed by atoms with Gasteiger partial charge in [-0.05, 0) is 55.3 Å². The summed E-state index contributed by atoms with van der Waals surface area (Å²) >= 11 is 1.89. The SMILES string of the molecule is Cc1c(C(=O)N2CCC(N3CCc4sccc4C3)CC2)cnn1-c1ccccc1. The smallest absolute Gasteiger partial charge is 0.257 e. The highest BCUT2D eigenvalue weighted by Gasteiger charge is 2.30. The molecular formula is C23H26N4OS. The van der Waals surface area contributed by atoms with Crippen LogP contribution in [0.4, 0.5) is 0 Å². The molecular weight excluding hydrogens is 380 g/mol. The summed E-state index contributed by atoms with van der Waals surface area (Å²) in [6.45, 7) is 5.85. The Labute approximate surface area is 175 Å². The second-order valence-electron chi connectivity index (χ2n) is 8.00. The van der Waals surface area contributed by atoms with E-state index in [0.717, 1.165) is 50.4 Å². The van der Waals surface area contributed by atoms with Crippen molar-refractivity contribution in [2.24, 2.45) is 0 Å². The molecule has 2 aromatic heterocycles. The number of hydrogen-bond donors (Lipinski definition) is 0. The van der Waals surface area contributed by atoms with Crippen LogP contribution in [0.25, 0.3) is 5.69 Å². The average molecular weight is 407 g/mol. The molecule has 0 N–H and O–H groups in total. The minimum Gasteiger partial charge on any atom is -0.338 e. The largest absolute Gasteiger partial charge is 0.338 e. The normalized spacial score (nSPS) is 18.0. The molecule has 3 aromatic rings. The Bertz CT molecular complexity index is 1000. The van der Waals surface area contributed by atoms with Crippen LogP contribution in [0.3, 0.4) is 0 Å². The first-order valence-corrected chi connectivity index (χ1v) is 11.3. The maximum atomic E-state index is 13.1. The Morgan fingerprint density at radius 3 is 2.69 bits per heavy atom. The number of aromatic nitrogens is 2. The van der Waals surface area contributed by atoms with E-state index in [1.165, 1.54) is 12.0 Å². The number of carbonyl (C=O) groups is 1. The number of piperidine rings is 1. The summed E-state index contributed by atoms with van der Waals surface area (Å²) in [7, 11) is 0. The molecule has 5 nitrogen and oxygen atoms in total. The highest BCUT2D eigenvalue weighted by molar-refractivity contribution is 7.10. The van der Waals surface area contributed by atoms with Crippen molar-refractivity contribution in [3.63, 3.8) is 0 Å². The topological polar surface area (TPSA) is 41.4 Å². The molecule has 0 bridgehead atoms. The van der Waals surface area contributed by atoms with Crippen molar-refractivity contribution in [3.8, 4) is 5.69 Å². The van der Waals surface area contributed by atoms with Crippen molar-refractivity contribution in [3.05, 3.63) is 69.7 Å². The fourth-order valence-electron chi connectivity index (χ4n) is 4.64. The Balaban J connectivity index is 1.24. The monoisotopic (exact) mass is 406 g/mol. The van der Waals surface area contributed by atoms with Gasteiger partial charge in [0.2, 0.25) is 0 Å². The van der Waals surface area contributed by atoms with Crippen LogP contribution < -0.4 is 0 Å². The lowest BCUT2D eigenvalue weighted by Gasteiger charge is -2.40. The molecule has 1 fully saturated rings. The van der Waals surface area contributed by atoms with E-state index in [1.54, 1.807) is 11.1 Å². The molecule has 6 heteroatoms. The zero-order valence-corrected chi connectivity index (χ0v) is 17.6. The Hall–Kier alpha value is -2.44. The molecule has 5 rings (SSSR count). The number of fused-ring (bicyclic) bond motifs is 1. The van der Waals surface area contributed by atoms with Gasteiger partial charge in [0.25, 0.3) is 5.91 Å². The quantitative estimate of drug-likeness (QED) is 0.662. The number of para-hydroxylation sites is 1. The van der Waals surface area contributed by atoms with Gasteiger partial charge in [0.05, 0.1) is 23.1 Å². The predicted molar refractivity (Wildman–Crippen MR) is 116 cm³/mol. The third-order valence-electron chi connectivity index (χ3n) is 6.35. The Kier molecular flexibility index (Phi) is 4.97. The van der Waals surface area contributed by atoms with E-state index < -0.39 is 0 Å². The second kappa shape index (κ2) is 7.76. The fraction of sp³-hybridized carbons (Fsp3) is 0.391. The Morgan fingerprint density at radius 1 is 1.10 bits per heavy atom. The molecule has 0 aliphatic carbocycles. The van der Waals surface area contributed by atoms with Crippen LogP contribution >= 0.6 is 11.3 Å². The minimum absolute atomic E-state index is 0.113. The van der Waals surface area contributed by atoms with Crippen molar-refractivity contribution >= 4 is 17.2 Å². The molecule has 0 radical (unpaired) electrons. The van der Waals surface area contributed by atoms with Crippen molar-refractivity contribution < 1.29 is 4.79 Å². The van der Waals surface area contributed by atoms with Gasteiger partial charge in [-0.1, -0.05) is 18.2 Å². The number of thiophene rings is 1. The van der Waals surface area contributed by atoms with Crippen LogP contribution in [0.15, 0.2) is 48.0 Å². The first-order chi connectivity index (χ1) is 14.2. The first-order valence-electron chi connectivity index (χ1n) is 10.4. The second-order valence-corrected chi connectivity index (χ2v) is 9.00. The van der Waals surface area contributed by atoms with Gasteiger partial charge in [-0.3, -0.25) is 9.69 Å². The summed E-state index contributed by atoms with van der Waals surface area (Å²) in [5, 5.41) is 6.68. The lowest BCUT2D eigenvalue weighted by atomic mass is 9.99. The maximum Gasteiger partial charge on any atom is 0.257 e. The summed E-state index contributed by atoms with van der Waals surface area (Å²) < 4.78 is 1.85. The highest BCUT2D eigenvalue weighted by atomic mass is 32.1. The number of amides is 1. The van der Waals surface area contributed by atoms with Crippen molar-refractivity contribution in [1.29, 1.82) is 0 Å². The van der Waals surface area contributed by atoms with E-state index in [0.29, 0.717) is 11.6 Å². The van der Waals surface area contributed by atoms with E-state index in [4.69, 9.17) is 0 Å². The molecule has 2 aliphatic rings. The Morgan fingerprint density at radius 2 is 1.90 bits per heavy atom. The number of likely N-dealkylation sites (tertiary alicyclic amines) is 1. The predicted octanol–water partition coefficient (Wildman–Crippen LogP) is 3.91. The van der Waals surface area contributed by atoms with Gasteiger partial charge in [-0.15, -0.1) is 11.3 Å². The summed E-state index contributed by atoms with van der Waals surface area (Å²) in [5.74, 6) is 0.113. The lowest BCUT2D eigenvalue weighted by molar-refractivity contribution is 0.0600. The first kappa shape index (κ1) is 18.6. The molecule has 0 spiro atoms. The molecule has 1 amide bonds. The van der Waals surface area contributed by atoms with Crippen LogP contribution in [-0.2, 0) is 13.0 Å². The van der Waals surface area contributed by atoms with Crippen molar-refractivity contribution in [1.82, 2.24) is 19.6 Å². The van der Waals surface area contributed by atoms with Gasteiger partial charge in [0.15, 0.2) is 0 Å². The molecule has 150 valence electrons. The zero-order valence-electron chi connectivity index (χ0n) is 16.8. The van der Waals surface area contributed by atoms with Crippen molar-refractivity contribution in [2.45, 2.75) is 38.8 Å². The molecule has 0 unspecified atom stereocenters. The maximum absolute atomic E-state index is 13.1. The van der Waals surface area contributed by atoms with E-state index in [2.05, 4.69) is 21.4 Å². The van der Waals surface area contributed by atoms with Gasteiger partial charge in [0.1, 0.15) is 0 Å². The average Bonchev–Trinajstić information content (AvgIpc) is 3.40. The number of carbonyl (C=O) groups excluding carboxylic acids is 1. The van der Waals surface area contributed by atoms with Crippen LogP contribution in [0, 0.1) is 6.92 Å². The van der Waals surface area contributed by atoms with Crippen LogP contribution in [-0.4, -0.2) is 51.2 Å². The number of hydrogen-bond acceptors (Lipinski definition) is 4. The number of benzene rings is 1. The van der Waals surface area contributed by atoms with Crippen LogP contribution in [0.1, 0.15) is 39.3 Å². The molecule has 1 aromatic carbocycles. The highest BCUT2D eigenvalue weighted by Crippen LogP contribution is 2.28. The molecule has 2 aliphatic heterocycles. The molecule has 1 saturated heterocycles. The summed E-state index contributed by atoms with van der Waals surface area (Å²) in [4.78, 5) is 19.3. The lowest BCUT2D eigenvalue weighted by Crippen LogP contribution is -2.48. The van der Waals surface area contributed by atoms with Gasteiger partial charge in [-0.25, -0.2) is 4.68 Å². The standard InChI is InChI=1S/C23H26N4OS/c1-17-21(15-24-27(17)20-5-3-2-4-6-20)23(28)25-11-7-19(8-12-25)26-13-9-22-18(16-26)10-14-29-22/h2-6,10,14-15,19H,7-9,11-13,16H2,1H3. The summed E-state index contributed by atoms with van der Waals surface area (Å²) in [6.07, 6.45) is 5.00. The number of rotatable bonds is 3. The van der Waals surface area contributed by atoms with Gasteiger partial charge >= 0.3 is 0 Å². The van der Waals surface area contributed by atoms with E-state index in [9.17, 15) is 4.79 Å². The molecule has 4 heterocycles. The summed E-state index contributed by atoms with van der Waals surface area (Å²) in [6, 6.07) is 12.8. The van der Waals surface area contributed by atoms with E-state index in [1.807, 2.05) is 58.2 Å². The van der Waals surface area contributed by atoms with Gasteiger partial charge < -0.3 is 4.90 Å². The number of nitrogens with zero attached hydrogens (tertiary/aromatic N) is 4. The molecule has 0 atom stereocenters. The van der Waals surface area contributed by atoms with Gasteiger partial charge in [-0.2, -0.15) is 5.10 Å². The third-order valence-corrected chi connectivity index (χ3v) is 7.37. The van der Waals surface area contributed by atoms with E-state index in [-0.39, 0.29) is 5.91 Å². The third kappa shape index (κ3) is 3.51. The van der Waals surface area contributed by atoms with Crippen LogP contribution in [0.2, 0.25) is 0 Å².